The van der Waals surface area contributed by atoms with Crippen LogP contribution in [0.25, 0.3) is 89.4 Å². The number of rotatable bonds is 13. The van der Waals surface area contributed by atoms with Crippen molar-refractivity contribution in [3.63, 3.8) is 0 Å². The average molecular weight is 2330 g/mol. The number of aromatic nitrogens is 8. The number of allylic oxidation sites excluding steroid dienone is 5. The van der Waals surface area contributed by atoms with E-state index in [4.69, 9.17) is 30.1 Å². The fraction of sp³-hybridized carbons (Fsp3) is 0.224. The van der Waals surface area contributed by atoms with Gasteiger partial charge < -0.3 is 40.1 Å². The van der Waals surface area contributed by atoms with E-state index in [2.05, 4.69) is 124 Å². The molecule has 4 aromatic carbocycles. The van der Waals surface area contributed by atoms with Gasteiger partial charge in [0.2, 0.25) is 0 Å². The Morgan fingerprint density at radius 1 is 0.406 bits per heavy atom. The first-order chi connectivity index (χ1) is 48.9. The molecule has 1 unspecified atom stereocenters. The molecule has 9 heterocycles. The third-order valence-corrected chi connectivity index (χ3v) is 16.3. The van der Waals surface area contributed by atoms with Crippen LogP contribution in [0.4, 0.5) is 26.3 Å². The molecule has 0 spiro atoms. The van der Waals surface area contributed by atoms with Gasteiger partial charge in [0.1, 0.15) is 0 Å². The SMILES string of the molecule is CC(O)=CC(C)O.CCC1=C(CC)c2cc3[n-]c(cc4nc(cc5[n-]c(cc1n2)c(CC)c5CC)C(CC)=C4CC)c(CC)c3CC.Fc1c[c-]c(-c2ccccn2)c(F)c1.Fc1c[c-]c(-c2ccccn2)c(F)c1.Fc1c[c-]c(-c2ccccn2)c(F)c1.[Ir].[Ir].[Pt+2].[Pt].[Pt].[c-]1ccccc1-c1ccccn1. The zero-order chi connectivity index (χ0) is 72.5. The van der Waals surface area contributed by atoms with Gasteiger partial charge in [0, 0.05) is 142 Å². The summed E-state index contributed by atoms with van der Waals surface area (Å²) in [6, 6.07) is 54.4. The first-order valence-corrected chi connectivity index (χ1v) is 33.8. The predicted molar refractivity (Wildman–Crippen MR) is 393 cm³/mol. The molecule has 13 rings (SSSR count). The minimum atomic E-state index is -0.649. The molecule has 7 aromatic heterocycles. The van der Waals surface area contributed by atoms with Gasteiger partial charge in [-0.1, -0.05) is 185 Å². The molecular weight excluding hydrogens is 2250 g/mol. The van der Waals surface area contributed by atoms with Gasteiger partial charge in [-0.25, -0.2) is 9.97 Å². The smallest absolute Gasteiger partial charge is 0.657 e. The monoisotopic (exact) mass is 2330 g/mol. The molecule has 0 saturated carbocycles. The summed E-state index contributed by atoms with van der Waals surface area (Å²) in [4.78, 5) is 37.1. The van der Waals surface area contributed by atoms with E-state index in [1.807, 2.05) is 42.5 Å². The molecule has 2 N–H and O–H groups in total. The van der Waals surface area contributed by atoms with Crippen molar-refractivity contribution in [3.8, 4) is 45.0 Å². The minimum absolute atomic E-state index is 0. The van der Waals surface area contributed by atoms with Crippen LogP contribution < -0.4 is 9.97 Å². The number of benzene rings is 4. The van der Waals surface area contributed by atoms with Crippen LogP contribution in [0.15, 0.2) is 194 Å². The quantitative estimate of drug-likeness (QED) is 0.0650. The molecule has 0 aliphatic carbocycles. The first-order valence-electron chi connectivity index (χ1n) is 33.8. The van der Waals surface area contributed by atoms with Crippen LogP contribution in [0.2, 0.25) is 0 Å². The topological polar surface area (TPSA) is 146 Å². The Balaban J connectivity index is 0.000000366. The molecule has 0 fully saturated rings. The molecule has 2 aliphatic heterocycles. The van der Waals surface area contributed by atoms with Crippen molar-refractivity contribution in [3.05, 3.63) is 299 Å². The second-order valence-corrected chi connectivity index (χ2v) is 23.1. The van der Waals surface area contributed by atoms with E-state index >= 15 is 0 Å². The predicted octanol–water partition coefficient (Wildman–Crippen LogP) is 21.1. The maximum atomic E-state index is 13.2. The van der Waals surface area contributed by atoms with Crippen LogP contribution in [0.3, 0.4) is 0 Å². The Morgan fingerprint density at radius 3 is 0.896 bits per heavy atom. The Kier molecular flexibility index (Phi) is 40.8. The van der Waals surface area contributed by atoms with E-state index in [1.54, 1.807) is 86.3 Å². The number of aliphatic hydroxyl groups is 2. The van der Waals surface area contributed by atoms with Crippen molar-refractivity contribution in [1.29, 1.82) is 0 Å². The van der Waals surface area contributed by atoms with Crippen molar-refractivity contribution in [2.24, 2.45) is 0 Å². The Hall–Kier alpha value is -7.48. The maximum Gasteiger partial charge on any atom is 2.00 e. The molecule has 21 heteroatoms. The van der Waals surface area contributed by atoms with Crippen molar-refractivity contribution < 1.29 is 140 Å². The molecule has 2 radical (unpaired) electrons. The van der Waals surface area contributed by atoms with Gasteiger partial charge in [-0.15, -0.1) is 94.4 Å². The fourth-order valence-electron chi connectivity index (χ4n) is 11.8. The summed E-state index contributed by atoms with van der Waals surface area (Å²) in [6.45, 7) is 21.0. The molecule has 2 aliphatic rings. The summed E-state index contributed by atoms with van der Waals surface area (Å²) >= 11 is 0. The summed E-state index contributed by atoms with van der Waals surface area (Å²) in [7, 11) is 0. The van der Waals surface area contributed by atoms with Crippen LogP contribution in [-0.4, -0.2) is 46.2 Å². The van der Waals surface area contributed by atoms with Crippen LogP contribution in [0.1, 0.15) is 140 Å². The van der Waals surface area contributed by atoms with E-state index in [1.165, 1.54) is 57.5 Å². The van der Waals surface area contributed by atoms with E-state index in [9.17, 15) is 26.3 Å². The van der Waals surface area contributed by atoms with Gasteiger partial charge in [-0.3, -0.25) is 26.3 Å². The second-order valence-electron chi connectivity index (χ2n) is 23.1. The molecular formula is C85H80F6Ir2N8O2Pt3-4. The number of hydrogen-bond acceptors (Lipinski definition) is 8. The third-order valence-electron chi connectivity index (χ3n) is 16.3. The largest absolute Gasteiger partial charge is 2.00 e. The second kappa shape index (κ2) is 46.7. The number of nitrogens with zero attached hydrogens (tertiary/aromatic N) is 8. The van der Waals surface area contributed by atoms with Crippen LogP contribution >= 0.6 is 0 Å². The standard InChI is InChI=1S/C36H44N4.3C11H6F2N.C11H8N.C5H10O2.2Ir.3Pt/c1-9-21-22(10-2)30-18-32-25(13-5)26(14-6)34(39-32)20-36-28(16-8)27(15-7)35(40-36)19-33-24(12-4)23(11-3)31(38-33)17-29(21)37-30;3*12-8-4-5-9(10(13)7-8)11-3-1-2-6-14-11;1-2-6-10(7-3-1)11-8-4-5-9-12-11;1-4(6)3-5(2)7;;;;;/h17-20H,9-16H2,1-8H3;3*1-4,6-7H;1-6,8-9H;3-4,6-7H,1-2H3;;;;;/q-2;4*-1;;;;;;+2. The first kappa shape index (κ1) is 92.7. The van der Waals surface area contributed by atoms with Gasteiger partial charge >= 0.3 is 21.1 Å². The molecule has 0 amide bonds. The van der Waals surface area contributed by atoms with Gasteiger partial charge in [0.05, 0.1) is 34.6 Å². The van der Waals surface area contributed by atoms with Crippen LogP contribution in [-0.2, 0) is 129 Å². The van der Waals surface area contributed by atoms with Gasteiger partial charge in [-0.2, -0.15) is 0 Å². The maximum absolute atomic E-state index is 13.2. The van der Waals surface area contributed by atoms with Crippen molar-refractivity contribution in [2.75, 3.05) is 0 Å². The van der Waals surface area contributed by atoms with Gasteiger partial charge in [0.25, 0.3) is 0 Å². The zero-order valence-corrected chi connectivity index (χ0v) is 71.6. The number of hydrogen-bond donors (Lipinski definition) is 2. The molecule has 106 heavy (non-hydrogen) atoms. The molecule has 10 nitrogen and oxygen atoms in total. The molecule has 1 atom stereocenters. The Bertz CT molecular complexity index is 4360. The van der Waals surface area contributed by atoms with Crippen LogP contribution in [0, 0.1) is 59.2 Å². The van der Waals surface area contributed by atoms with E-state index in [-0.39, 0.29) is 126 Å². The van der Waals surface area contributed by atoms with E-state index in [0.717, 1.165) is 144 Å². The summed E-state index contributed by atoms with van der Waals surface area (Å²) in [5.74, 6) is -3.70. The number of pyridine rings is 4. The number of aryl methyl sites for hydroxylation is 4. The molecule has 0 saturated heterocycles. The Morgan fingerprint density at radius 2 is 0.689 bits per heavy atom. The number of fused-ring (bicyclic) bond motifs is 8. The number of aliphatic hydroxyl groups excluding tert-OH is 2. The van der Waals surface area contributed by atoms with Crippen LogP contribution in [0.5, 0.6) is 0 Å². The summed E-state index contributed by atoms with van der Waals surface area (Å²) in [5, 5.41) is 16.9. The van der Waals surface area contributed by atoms with Crippen molar-refractivity contribution in [2.45, 2.75) is 127 Å². The fourth-order valence-corrected chi connectivity index (χ4v) is 11.8. The number of halogens is 6. The minimum Gasteiger partial charge on any atom is -0.657 e. The van der Waals surface area contributed by atoms with E-state index in [0.29, 0.717) is 17.1 Å². The summed E-state index contributed by atoms with van der Waals surface area (Å²) in [5.41, 5.74) is 23.1. The van der Waals surface area contributed by atoms with Crippen molar-refractivity contribution >= 4 is 44.4 Å². The van der Waals surface area contributed by atoms with E-state index < -0.39 is 41.0 Å². The van der Waals surface area contributed by atoms with Crippen molar-refractivity contribution in [1.82, 2.24) is 39.9 Å². The third kappa shape index (κ3) is 25.0. The molecule has 11 aromatic rings. The summed E-state index contributed by atoms with van der Waals surface area (Å²) in [6.07, 6.45) is 14.9. The molecule has 566 valence electrons. The Labute approximate surface area is 688 Å². The summed E-state index contributed by atoms with van der Waals surface area (Å²) < 4.78 is 77.4. The molecule has 8 bridgehead atoms. The van der Waals surface area contributed by atoms with Gasteiger partial charge in [0.15, 0.2) is 0 Å². The zero-order valence-electron chi connectivity index (χ0n) is 60.0. The average Bonchev–Trinajstić information content (AvgIpc) is 1.63. The normalized spacial score (nSPS) is 11.3. The van der Waals surface area contributed by atoms with Gasteiger partial charge in [-0.05, 0) is 141 Å².